The molecular formula is C14H34N2OSi2. The van der Waals surface area contributed by atoms with Crippen LogP contribution in [0.4, 0.5) is 0 Å². The van der Waals surface area contributed by atoms with Crippen molar-refractivity contribution >= 4 is 16.6 Å². The van der Waals surface area contributed by atoms with E-state index in [4.69, 9.17) is 4.43 Å². The van der Waals surface area contributed by atoms with Crippen molar-refractivity contribution in [2.45, 2.75) is 45.7 Å². The molecule has 0 aromatic rings. The van der Waals surface area contributed by atoms with Crippen LogP contribution in [0.1, 0.15) is 6.92 Å². The molecule has 0 N–H and O–H groups in total. The number of nitrogens with zero attached hydrogens (tertiary/aromatic N) is 2. The van der Waals surface area contributed by atoms with Crippen LogP contribution in [0.2, 0.25) is 38.8 Å². The van der Waals surface area contributed by atoms with Crippen LogP contribution in [0.5, 0.6) is 0 Å². The van der Waals surface area contributed by atoms with Crippen LogP contribution >= 0.6 is 0 Å². The maximum absolute atomic E-state index is 5.68. The minimum atomic E-state index is -1.40. The topological polar surface area (TPSA) is 15.7 Å². The predicted molar refractivity (Wildman–Crippen MR) is 89.8 cm³/mol. The molecule has 1 rings (SSSR count). The summed E-state index contributed by atoms with van der Waals surface area (Å²) in [5, 5.41) is 0. The highest BCUT2D eigenvalue weighted by atomic mass is 28.4. The second-order valence-corrected chi connectivity index (χ2v) is 17.0. The molecule has 0 aliphatic carbocycles. The minimum absolute atomic E-state index is 0.764. The molecule has 19 heavy (non-hydrogen) atoms. The van der Waals surface area contributed by atoms with Crippen LogP contribution in [-0.4, -0.2) is 65.9 Å². The van der Waals surface area contributed by atoms with Gasteiger partial charge in [0.2, 0.25) is 0 Å². The number of piperazine rings is 1. The zero-order chi connectivity index (χ0) is 14.7. The van der Waals surface area contributed by atoms with Gasteiger partial charge in [-0.3, -0.25) is 0 Å². The molecule has 114 valence electrons. The lowest BCUT2D eigenvalue weighted by Crippen LogP contribution is -2.56. The molecule has 5 heteroatoms. The van der Waals surface area contributed by atoms with Gasteiger partial charge in [-0.15, -0.1) is 0 Å². The smallest absolute Gasteiger partial charge is 0.186 e. The summed E-state index contributed by atoms with van der Waals surface area (Å²) in [4.78, 5) is 2.65. The van der Waals surface area contributed by atoms with Crippen LogP contribution in [0.15, 0.2) is 0 Å². The summed E-state index contributed by atoms with van der Waals surface area (Å²) in [5.74, 6) is 0.764. The molecule has 1 saturated heterocycles. The van der Waals surface area contributed by atoms with Gasteiger partial charge in [0.25, 0.3) is 0 Å². The van der Waals surface area contributed by atoms with Gasteiger partial charge in [-0.25, -0.2) is 0 Å². The number of hydrogen-bond acceptors (Lipinski definition) is 3. The van der Waals surface area contributed by atoms with Gasteiger partial charge < -0.3 is 13.9 Å². The van der Waals surface area contributed by atoms with Crippen molar-refractivity contribution in [3.63, 3.8) is 0 Å². The molecule has 1 aliphatic rings. The molecule has 3 nitrogen and oxygen atoms in total. The third-order valence-corrected chi connectivity index (χ3v) is 9.41. The van der Waals surface area contributed by atoms with Crippen molar-refractivity contribution in [2.75, 3.05) is 39.8 Å². The van der Waals surface area contributed by atoms with E-state index in [1.807, 2.05) is 7.11 Å². The monoisotopic (exact) mass is 302 g/mol. The van der Waals surface area contributed by atoms with Crippen LogP contribution in [0, 0.1) is 5.92 Å². The van der Waals surface area contributed by atoms with Gasteiger partial charge in [-0.1, -0.05) is 26.6 Å². The van der Waals surface area contributed by atoms with E-state index in [0.29, 0.717) is 0 Å². The van der Waals surface area contributed by atoms with Crippen molar-refractivity contribution in [3.8, 4) is 0 Å². The van der Waals surface area contributed by atoms with E-state index in [1.165, 1.54) is 38.8 Å². The van der Waals surface area contributed by atoms with Crippen LogP contribution in [-0.2, 0) is 4.43 Å². The SMILES string of the molecule is CO[Si](C)(C)CC(C)CN1CCN([Si](C)(C)C)CC1. The quantitative estimate of drug-likeness (QED) is 0.702. The molecular weight excluding hydrogens is 268 g/mol. The lowest BCUT2D eigenvalue weighted by Gasteiger charge is -2.42. The Bertz CT molecular complexity index is 271. The molecule has 1 unspecified atom stereocenters. The fourth-order valence-electron chi connectivity index (χ4n) is 3.03. The summed E-state index contributed by atoms with van der Waals surface area (Å²) >= 11 is 0. The highest BCUT2D eigenvalue weighted by molar-refractivity contribution is 6.73. The predicted octanol–water partition coefficient (Wildman–Crippen LogP) is 2.93. The summed E-state index contributed by atoms with van der Waals surface area (Å²) in [5.41, 5.74) is 0. The first kappa shape index (κ1) is 17.4. The molecule has 0 amide bonds. The molecule has 0 radical (unpaired) electrons. The van der Waals surface area contributed by atoms with E-state index in [9.17, 15) is 0 Å². The van der Waals surface area contributed by atoms with E-state index in [-0.39, 0.29) is 0 Å². The highest BCUT2D eigenvalue weighted by Crippen LogP contribution is 2.20. The zero-order valence-corrected chi connectivity index (χ0v) is 16.1. The largest absolute Gasteiger partial charge is 0.420 e. The van der Waals surface area contributed by atoms with Gasteiger partial charge in [-0.2, -0.15) is 0 Å². The summed E-state index contributed by atoms with van der Waals surface area (Å²) in [6.45, 7) is 20.7. The van der Waals surface area contributed by atoms with Gasteiger partial charge in [0.15, 0.2) is 8.32 Å². The molecule has 0 saturated carbocycles. The fourth-order valence-corrected chi connectivity index (χ4v) is 6.54. The Morgan fingerprint density at radius 2 is 1.53 bits per heavy atom. The van der Waals surface area contributed by atoms with Gasteiger partial charge >= 0.3 is 0 Å². The van der Waals surface area contributed by atoms with E-state index in [2.05, 4.69) is 49.1 Å². The second kappa shape index (κ2) is 6.85. The van der Waals surface area contributed by atoms with E-state index in [1.54, 1.807) is 0 Å². The molecule has 0 aromatic carbocycles. The molecule has 1 atom stereocenters. The zero-order valence-electron chi connectivity index (χ0n) is 14.1. The van der Waals surface area contributed by atoms with Crippen LogP contribution < -0.4 is 0 Å². The highest BCUT2D eigenvalue weighted by Gasteiger charge is 2.29. The van der Waals surface area contributed by atoms with Crippen molar-refractivity contribution in [1.29, 1.82) is 0 Å². The van der Waals surface area contributed by atoms with Gasteiger partial charge in [-0.05, 0) is 25.1 Å². The van der Waals surface area contributed by atoms with Crippen LogP contribution in [0.25, 0.3) is 0 Å². The van der Waals surface area contributed by atoms with Crippen molar-refractivity contribution in [1.82, 2.24) is 9.47 Å². The summed E-state index contributed by atoms with van der Waals surface area (Å²) in [7, 11) is -0.594. The average molecular weight is 303 g/mol. The Kier molecular flexibility index (Phi) is 6.26. The van der Waals surface area contributed by atoms with E-state index < -0.39 is 16.6 Å². The lowest BCUT2D eigenvalue weighted by molar-refractivity contribution is 0.166. The molecule has 0 aromatic heterocycles. The number of rotatable bonds is 6. The minimum Gasteiger partial charge on any atom is -0.420 e. The third kappa shape index (κ3) is 6.08. The first-order valence-corrected chi connectivity index (χ1v) is 14.2. The van der Waals surface area contributed by atoms with E-state index >= 15 is 0 Å². The van der Waals surface area contributed by atoms with E-state index in [0.717, 1.165) is 5.92 Å². The first-order chi connectivity index (χ1) is 8.64. The van der Waals surface area contributed by atoms with Crippen molar-refractivity contribution in [3.05, 3.63) is 0 Å². The molecule has 0 spiro atoms. The molecule has 0 bridgehead atoms. The Balaban J connectivity index is 2.33. The van der Waals surface area contributed by atoms with Gasteiger partial charge in [0.1, 0.15) is 8.24 Å². The summed E-state index contributed by atoms with van der Waals surface area (Å²) < 4.78 is 8.42. The molecule has 1 fully saturated rings. The average Bonchev–Trinajstić information content (AvgIpc) is 2.27. The third-order valence-electron chi connectivity index (χ3n) is 4.28. The maximum atomic E-state index is 5.68. The van der Waals surface area contributed by atoms with Crippen molar-refractivity contribution < 1.29 is 4.43 Å². The molecule has 1 heterocycles. The van der Waals surface area contributed by atoms with Gasteiger partial charge in [0, 0.05) is 39.8 Å². The Morgan fingerprint density at radius 3 is 1.95 bits per heavy atom. The Labute approximate surface area is 122 Å². The Hall–Kier alpha value is 0.314. The maximum Gasteiger partial charge on any atom is 0.186 e. The standard InChI is InChI=1S/C14H34N2OSi2/c1-14(13-19(6,7)17-2)12-15-8-10-16(11-9-15)18(3,4)5/h14H,8-13H2,1-7H3. The van der Waals surface area contributed by atoms with Gasteiger partial charge in [0.05, 0.1) is 0 Å². The second-order valence-electron chi connectivity index (χ2n) is 7.73. The van der Waals surface area contributed by atoms with Crippen LogP contribution in [0.3, 0.4) is 0 Å². The normalized spacial score (nSPS) is 21.6. The Morgan fingerprint density at radius 1 is 1.00 bits per heavy atom. The summed E-state index contributed by atoms with van der Waals surface area (Å²) in [6, 6.07) is 1.28. The van der Waals surface area contributed by atoms with Crippen molar-refractivity contribution in [2.24, 2.45) is 5.92 Å². The lowest BCUT2D eigenvalue weighted by atomic mass is 10.2. The first-order valence-electron chi connectivity index (χ1n) is 7.66. The summed E-state index contributed by atoms with van der Waals surface area (Å²) in [6.07, 6.45) is 0. The fraction of sp³-hybridized carbons (Fsp3) is 1.00. The number of hydrogen-bond donors (Lipinski definition) is 0. The molecule has 1 aliphatic heterocycles.